The van der Waals surface area contributed by atoms with Gasteiger partial charge in [-0.05, 0) is 66.2 Å². The molecule has 0 aliphatic rings. The number of aliphatic carboxylic acids is 1. The molecule has 7 heteroatoms. The van der Waals surface area contributed by atoms with E-state index < -0.39 is 5.97 Å². The van der Waals surface area contributed by atoms with Crippen LogP contribution in [0.4, 0.5) is 5.69 Å². The summed E-state index contributed by atoms with van der Waals surface area (Å²) in [6.07, 6.45) is -0.109. The molecule has 0 atom stereocenters. The van der Waals surface area contributed by atoms with Crippen LogP contribution in [0.5, 0.6) is 17.2 Å². The summed E-state index contributed by atoms with van der Waals surface area (Å²) >= 11 is 6.17. The van der Waals surface area contributed by atoms with Crippen LogP contribution >= 0.6 is 11.6 Å². The molecule has 1 amide bonds. The van der Waals surface area contributed by atoms with Crippen LogP contribution in [0.25, 0.3) is 0 Å². The van der Waals surface area contributed by atoms with Crippen molar-refractivity contribution >= 4 is 29.2 Å². The fraction of sp³-hybridized carbons (Fsp3) is 0.0909. The van der Waals surface area contributed by atoms with Crippen LogP contribution in [0.2, 0.25) is 5.02 Å². The Hall–Kier alpha value is -3.51. The van der Waals surface area contributed by atoms with Crippen LogP contribution in [0.3, 0.4) is 0 Å². The van der Waals surface area contributed by atoms with Crippen LogP contribution < -0.4 is 14.8 Å². The van der Waals surface area contributed by atoms with Crippen LogP contribution in [-0.4, -0.2) is 24.1 Å². The Kier molecular flexibility index (Phi) is 6.36. The molecule has 3 aromatic carbocycles. The van der Waals surface area contributed by atoms with Gasteiger partial charge >= 0.3 is 5.97 Å². The third-order valence-corrected chi connectivity index (χ3v) is 4.34. The van der Waals surface area contributed by atoms with Crippen molar-refractivity contribution in [2.75, 3.05) is 12.4 Å². The highest BCUT2D eigenvalue weighted by Crippen LogP contribution is 2.31. The number of carboxylic acid groups (broad SMARTS) is 1. The quantitative estimate of drug-likeness (QED) is 0.570. The lowest BCUT2D eigenvalue weighted by atomic mass is 10.1. The summed E-state index contributed by atoms with van der Waals surface area (Å²) in [6, 6.07) is 18.5. The Labute approximate surface area is 172 Å². The second kappa shape index (κ2) is 9.12. The van der Waals surface area contributed by atoms with E-state index in [1.165, 1.54) is 0 Å². The molecule has 0 bridgehead atoms. The first-order chi connectivity index (χ1) is 13.9. The van der Waals surface area contributed by atoms with E-state index in [-0.39, 0.29) is 12.3 Å². The maximum absolute atomic E-state index is 12.3. The molecular formula is C22H18ClNO5. The summed E-state index contributed by atoms with van der Waals surface area (Å²) in [4.78, 5) is 23.1. The van der Waals surface area contributed by atoms with E-state index in [9.17, 15) is 9.59 Å². The highest BCUT2D eigenvalue weighted by molar-refractivity contribution is 6.32. The molecule has 0 aliphatic carbocycles. The lowest BCUT2D eigenvalue weighted by Gasteiger charge is -2.10. The van der Waals surface area contributed by atoms with Crippen LogP contribution in [-0.2, 0) is 11.2 Å². The second-order valence-corrected chi connectivity index (χ2v) is 6.55. The summed E-state index contributed by atoms with van der Waals surface area (Å²) < 4.78 is 10.8. The fourth-order valence-electron chi connectivity index (χ4n) is 2.59. The number of ether oxygens (including phenoxy) is 2. The van der Waals surface area contributed by atoms with Gasteiger partial charge in [-0.1, -0.05) is 17.7 Å². The number of nitrogens with one attached hydrogen (secondary N) is 1. The van der Waals surface area contributed by atoms with Crippen molar-refractivity contribution in [3.63, 3.8) is 0 Å². The molecule has 148 valence electrons. The lowest BCUT2D eigenvalue weighted by molar-refractivity contribution is -0.136. The first kappa shape index (κ1) is 20.2. The average Bonchev–Trinajstić information content (AvgIpc) is 2.71. The normalized spacial score (nSPS) is 10.3. The Bertz CT molecular complexity index is 1020. The van der Waals surface area contributed by atoms with Gasteiger partial charge in [0.25, 0.3) is 5.91 Å². The van der Waals surface area contributed by atoms with Gasteiger partial charge in [0.05, 0.1) is 18.6 Å². The smallest absolute Gasteiger partial charge is 0.307 e. The van der Waals surface area contributed by atoms with E-state index >= 15 is 0 Å². The van der Waals surface area contributed by atoms with Gasteiger partial charge in [-0.25, -0.2) is 0 Å². The largest absolute Gasteiger partial charge is 0.497 e. The van der Waals surface area contributed by atoms with E-state index in [4.69, 9.17) is 26.2 Å². The molecule has 0 radical (unpaired) electrons. The number of amides is 1. The van der Waals surface area contributed by atoms with Gasteiger partial charge in [-0.3, -0.25) is 9.59 Å². The molecule has 6 nitrogen and oxygen atoms in total. The van der Waals surface area contributed by atoms with E-state index in [0.29, 0.717) is 39.1 Å². The van der Waals surface area contributed by atoms with Gasteiger partial charge in [0.15, 0.2) is 0 Å². The molecule has 0 aromatic heterocycles. The number of carbonyl (C=O) groups excluding carboxylic acids is 1. The molecule has 0 saturated heterocycles. The number of anilines is 1. The number of hydrogen-bond donors (Lipinski definition) is 2. The molecule has 0 aliphatic heterocycles. The topological polar surface area (TPSA) is 84.9 Å². The highest BCUT2D eigenvalue weighted by Gasteiger charge is 2.09. The first-order valence-corrected chi connectivity index (χ1v) is 9.06. The molecule has 3 rings (SSSR count). The molecular weight excluding hydrogens is 394 g/mol. The summed E-state index contributed by atoms with van der Waals surface area (Å²) in [6.45, 7) is 0. The number of methoxy groups -OCH3 is 1. The zero-order chi connectivity index (χ0) is 20.8. The fourth-order valence-corrected chi connectivity index (χ4v) is 2.83. The molecule has 0 fully saturated rings. The van der Waals surface area contributed by atoms with Gasteiger partial charge in [-0.2, -0.15) is 0 Å². The van der Waals surface area contributed by atoms with Crippen molar-refractivity contribution in [1.82, 2.24) is 0 Å². The third-order valence-electron chi connectivity index (χ3n) is 4.04. The Morgan fingerprint density at radius 2 is 1.62 bits per heavy atom. The van der Waals surface area contributed by atoms with Crippen molar-refractivity contribution in [3.05, 3.63) is 82.9 Å². The SMILES string of the molecule is COc1ccc(C(=O)Nc2ccc(Oc3ccc(CC(=O)O)cc3Cl)cc2)cc1. The molecule has 0 unspecified atom stereocenters. The predicted octanol–water partition coefficient (Wildman–Crippen LogP) is 5.02. The van der Waals surface area contributed by atoms with E-state index in [0.717, 1.165) is 0 Å². The Morgan fingerprint density at radius 1 is 0.966 bits per heavy atom. The third kappa shape index (κ3) is 5.49. The number of rotatable bonds is 7. The first-order valence-electron chi connectivity index (χ1n) is 8.68. The summed E-state index contributed by atoms with van der Waals surface area (Å²) in [5.74, 6) is 0.453. The van der Waals surface area contributed by atoms with Crippen molar-refractivity contribution < 1.29 is 24.2 Å². The number of benzene rings is 3. The number of carbonyl (C=O) groups is 2. The minimum Gasteiger partial charge on any atom is -0.497 e. The highest BCUT2D eigenvalue weighted by atomic mass is 35.5. The van der Waals surface area contributed by atoms with Gasteiger partial charge in [0.2, 0.25) is 0 Å². The van der Waals surface area contributed by atoms with Gasteiger partial charge < -0.3 is 19.9 Å². The molecule has 0 spiro atoms. The van der Waals surface area contributed by atoms with Gasteiger partial charge in [0, 0.05) is 11.3 Å². The minimum atomic E-state index is -0.929. The van der Waals surface area contributed by atoms with Crippen molar-refractivity contribution in [2.45, 2.75) is 6.42 Å². The Balaban J connectivity index is 1.64. The van der Waals surface area contributed by atoms with E-state index in [2.05, 4.69) is 5.32 Å². The van der Waals surface area contributed by atoms with Crippen LogP contribution in [0, 0.1) is 0 Å². The number of halogens is 1. The minimum absolute atomic E-state index is 0.109. The van der Waals surface area contributed by atoms with Crippen molar-refractivity contribution in [3.8, 4) is 17.2 Å². The van der Waals surface area contributed by atoms with Crippen molar-refractivity contribution in [1.29, 1.82) is 0 Å². The molecule has 0 heterocycles. The summed E-state index contributed by atoms with van der Waals surface area (Å²) in [5, 5.41) is 12.0. The monoisotopic (exact) mass is 411 g/mol. The van der Waals surface area contributed by atoms with Gasteiger partial charge in [0.1, 0.15) is 17.2 Å². The Morgan fingerprint density at radius 3 is 2.21 bits per heavy atom. The molecule has 2 N–H and O–H groups in total. The predicted molar refractivity (Wildman–Crippen MR) is 110 cm³/mol. The number of carboxylic acids is 1. The van der Waals surface area contributed by atoms with Gasteiger partial charge in [-0.15, -0.1) is 0 Å². The maximum atomic E-state index is 12.3. The standard InChI is InChI=1S/C22H18ClNO5/c1-28-17-7-3-15(4-8-17)22(27)24-16-5-9-18(10-6-16)29-20-11-2-14(12-19(20)23)13-21(25)26/h2-12H,13H2,1H3,(H,24,27)(H,25,26). The van der Waals surface area contributed by atoms with Crippen LogP contribution in [0.15, 0.2) is 66.7 Å². The van der Waals surface area contributed by atoms with Crippen LogP contribution in [0.1, 0.15) is 15.9 Å². The number of hydrogen-bond acceptors (Lipinski definition) is 4. The average molecular weight is 412 g/mol. The zero-order valence-corrected chi connectivity index (χ0v) is 16.3. The summed E-state index contributed by atoms with van der Waals surface area (Å²) in [7, 11) is 1.57. The molecule has 29 heavy (non-hydrogen) atoms. The van der Waals surface area contributed by atoms with Crippen molar-refractivity contribution in [2.24, 2.45) is 0 Å². The molecule has 0 saturated carbocycles. The lowest BCUT2D eigenvalue weighted by Crippen LogP contribution is -2.11. The van der Waals surface area contributed by atoms with E-state index in [1.54, 1.807) is 73.8 Å². The van der Waals surface area contributed by atoms with E-state index in [1.807, 2.05) is 0 Å². The second-order valence-electron chi connectivity index (χ2n) is 6.14. The zero-order valence-electron chi connectivity index (χ0n) is 15.5. The molecule has 3 aromatic rings. The maximum Gasteiger partial charge on any atom is 0.307 e. The summed E-state index contributed by atoms with van der Waals surface area (Å²) in [5.41, 5.74) is 1.71.